The third-order valence-corrected chi connectivity index (χ3v) is 2.07. The monoisotopic (exact) mass is 232 g/mol. The van der Waals surface area contributed by atoms with Crippen LogP contribution in [-0.4, -0.2) is 18.5 Å². The molecule has 0 aliphatic heterocycles. The van der Waals surface area contributed by atoms with Gasteiger partial charge in [0, 0.05) is 6.04 Å². The van der Waals surface area contributed by atoms with Crippen molar-refractivity contribution >= 4 is 17.3 Å². The molecule has 0 spiro atoms. The third-order valence-electron chi connectivity index (χ3n) is 2.07. The molecule has 1 aromatic carbocycles. The minimum atomic E-state index is -0.109. The molecule has 90 valence electrons. The minimum absolute atomic E-state index is 0.104. The highest BCUT2D eigenvalue weighted by atomic mass is 16.1. The first-order chi connectivity index (χ1) is 8.02. The quantitative estimate of drug-likeness (QED) is 0.677. The lowest BCUT2D eigenvalue weighted by Gasteiger charge is -2.11. The van der Waals surface area contributed by atoms with Crippen LogP contribution in [0.2, 0.25) is 0 Å². The summed E-state index contributed by atoms with van der Waals surface area (Å²) in [6, 6.07) is 7.02. The average molecular weight is 232 g/mol. The van der Waals surface area contributed by atoms with E-state index in [1.54, 1.807) is 18.2 Å². The number of nitrogens with one attached hydrogen (secondary N) is 2. The normalized spacial score (nSPS) is 9.76. The molecular weight excluding hydrogens is 216 g/mol. The SMILES string of the molecule is CC(C)NC(=O)CNc1cc(C#N)ccc1N. The Morgan fingerprint density at radius 2 is 2.24 bits per heavy atom. The largest absolute Gasteiger partial charge is 0.397 e. The van der Waals surface area contributed by atoms with Crippen molar-refractivity contribution in [1.82, 2.24) is 5.32 Å². The van der Waals surface area contributed by atoms with Crippen molar-refractivity contribution in [2.75, 3.05) is 17.6 Å². The Hall–Kier alpha value is -2.22. The molecule has 0 atom stereocenters. The van der Waals surface area contributed by atoms with E-state index >= 15 is 0 Å². The van der Waals surface area contributed by atoms with Gasteiger partial charge >= 0.3 is 0 Å². The Balaban J connectivity index is 2.63. The molecule has 5 nitrogen and oxygen atoms in total. The molecule has 1 amide bonds. The number of nitrogen functional groups attached to an aromatic ring is 1. The molecule has 0 bridgehead atoms. The number of hydrogen-bond acceptors (Lipinski definition) is 4. The predicted octanol–water partition coefficient (Wildman–Crippen LogP) is 1.08. The van der Waals surface area contributed by atoms with E-state index in [1.165, 1.54) is 0 Å². The van der Waals surface area contributed by atoms with Gasteiger partial charge in [-0.05, 0) is 32.0 Å². The van der Waals surface area contributed by atoms with E-state index < -0.39 is 0 Å². The fourth-order valence-electron chi connectivity index (χ4n) is 1.33. The van der Waals surface area contributed by atoms with Gasteiger partial charge in [-0.2, -0.15) is 5.26 Å². The molecular formula is C12H16N4O. The van der Waals surface area contributed by atoms with Crippen LogP contribution >= 0.6 is 0 Å². The standard InChI is InChI=1S/C12H16N4O/c1-8(2)16-12(17)7-15-11-5-9(6-13)3-4-10(11)14/h3-5,8,15H,7,14H2,1-2H3,(H,16,17). The Morgan fingerprint density at radius 3 is 2.82 bits per heavy atom. The van der Waals surface area contributed by atoms with Crippen LogP contribution in [0.25, 0.3) is 0 Å². The van der Waals surface area contributed by atoms with Crippen molar-refractivity contribution in [2.45, 2.75) is 19.9 Å². The second-order valence-corrected chi connectivity index (χ2v) is 3.99. The van der Waals surface area contributed by atoms with Crippen molar-refractivity contribution < 1.29 is 4.79 Å². The van der Waals surface area contributed by atoms with Gasteiger partial charge in [0.05, 0.1) is 29.6 Å². The lowest BCUT2D eigenvalue weighted by Crippen LogP contribution is -2.34. The number of nitrogens with zero attached hydrogens (tertiary/aromatic N) is 1. The Morgan fingerprint density at radius 1 is 1.53 bits per heavy atom. The van der Waals surface area contributed by atoms with Crippen molar-refractivity contribution in [2.24, 2.45) is 0 Å². The molecule has 0 aliphatic carbocycles. The Bertz CT molecular complexity index is 448. The molecule has 0 saturated heterocycles. The Labute approximate surface area is 101 Å². The molecule has 4 N–H and O–H groups in total. The number of carbonyl (C=O) groups is 1. The van der Waals surface area contributed by atoms with Gasteiger partial charge in [-0.25, -0.2) is 0 Å². The molecule has 0 heterocycles. The summed E-state index contributed by atoms with van der Waals surface area (Å²) >= 11 is 0. The first-order valence-electron chi connectivity index (χ1n) is 5.35. The molecule has 0 saturated carbocycles. The summed E-state index contributed by atoms with van der Waals surface area (Å²) < 4.78 is 0. The second kappa shape index (κ2) is 5.75. The van der Waals surface area contributed by atoms with Crippen molar-refractivity contribution in [3.63, 3.8) is 0 Å². The molecule has 0 radical (unpaired) electrons. The first kappa shape index (κ1) is 12.8. The van der Waals surface area contributed by atoms with Gasteiger partial charge in [-0.1, -0.05) is 0 Å². The van der Waals surface area contributed by atoms with E-state index in [4.69, 9.17) is 11.0 Å². The summed E-state index contributed by atoms with van der Waals surface area (Å²) in [4.78, 5) is 11.4. The highest BCUT2D eigenvalue weighted by Crippen LogP contribution is 2.19. The fourth-order valence-corrected chi connectivity index (χ4v) is 1.33. The second-order valence-electron chi connectivity index (χ2n) is 3.99. The smallest absolute Gasteiger partial charge is 0.239 e. The zero-order chi connectivity index (χ0) is 12.8. The number of nitrogens with two attached hydrogens (primary N) is 1. The van der Waals surface area contributed by atoms with E-state index in [2.05, 4.69) is 10.6 Å². The highest BCUT2D eigenvalue weighted by molar-refractivity contribution is 5.82. The number of benzene rings is 1. The maximum atomic E-state index is 11.4. The molecule has 1 aromatic rings. The van der Waals surface area contributed by atoms with Crippen LogP contribution in [0.1, 0.15) is 19.4 Å². The molecule has 0 aliphatic rings. The number of nitriles is 1. The highest BCUT2D eigenvalue weighted by Gasteiger charge is 2.05. The van der Waals surface area contributed by atoms with Crippen LogP contribution in [0.4, 0.5) is 11.4 Å². The minimum Gasteiger partial charge on any atom is -0.397 e. The van der Waals surface area contributed by atoms with Gasteiger partial charge < -0.3 is 16.4 Å². The van der Waals surface area contributed by atoms with E-state index in [9.17, 15) is 4.79 Å². The van der Waals surface area contributed by atoms with Gasteiger partial charge in [0.2, 0.25) is 5.91 Å². The van der Waals surface area contributed by atoms with Gasteiger partial charge in [0.15, 0.2) is 0 Å². The number of hydrogen-bond donors (Lipinski definition) is 3. The maximum Gasteiger partial charge on any atom is 0.239 e. The Kier molecular flexibility index (Phi) is 4.35. The average Bonchev–Trinajstić information content (AvgIpc) is 2.27. The van der Waals surface area contributed by atoms with Gasteiger partial charge in [-0.3, -0.25) is 4.79 Å². The summed E-state index contributed by atoms with van der Waals surface area (Å²) in [5.41, 5.74) is 7.35. The van der Waals surface area contributed by atoms with E-state index in [-0.39, 0.29) is 18.5 Å². The third kappa shape index (κ3) is 4.03. The maximum absolute atomic E-state index is 11.4. The number of anilines is 2. The number of carbonyl (C=O) groups excluding carboxylic acids is 1. The van der Waals surface area contributed by atoms with Gasteiger partial charge in [0.25, 0.3) is 0 Å². The zero-order valence-electron chi connectivity index (χ0n) is 9.95. The lowest BCUT2D eigenvalue weighted by atomic mass is 10.2. The van der Waals surface area contributed by atoms with E-state index in [0.29, 0.717) is 16.9 Å². The van der Waals surface area contributed by atoms with Crippen molar-refractivity contribution in [1.29, 1.82) is 5.26 Å². The molecule has 1 rings (SSSR count). The van der Waals surface area contributed by atoms with E-state index in [0.717, 1.165) is 0 Å². The van der Waals surface area contributed by atoms with Crippen molar-refractivity contribution in [3.8, 4) is 6.07 Å². The fraction of sp³-hybridized carbons (Fsp3) is 0.333. The van der Waals surface area contributed by atoms with Crippen LogP contribution in [0, 0.1) is 11.3 Å². The molecule has 17 heavy (non-hydrogen) atoms. The molecule has 5 heteroatoms. The van der Waals surface area contributed by atoms with Crippen LogP contribution in [-0.2, 0) is 4.79 Å². The van der Waals surface area contributed by atoms with Crippen LogP contribution < -0.4 is 16.4 Å². The summed E-state index contributed by atoms with van der Waals surface area (Å²) in [5, 5.41) is 14.4. The summed E-state index contributed by atoms with van der Waals surface area (Å²) in [5.74, 6) is -0.109. The van der Waals surface area contributed by atoms with Crippen molar-refractivity contribution in [3.05, 3.63) is 23.8 Å². The predicted molar refractivity (Wildman–Crippen MR) is 67.3 cm³/mol. The van der Waals surface area contributed by atoms with E-state index in [1.807, 2.05) is 19.9 Å². The summed E-state index contributed by atoms with van der Waals surface area (Å²) in [6.07, 6.45) is 0. The number of amides is 1. The summed E-state index contributed by atoms with van der Waals surface area (Å²) in [7, 11) is 0. The van der Waals surface area contributed by atoms with Crippen LogP contribution in [0.3, 0.4) is 0 Å². The van der Waals surface area contributed by atoms with Crippen LogP contribution in [0.5, 0.6) is 0 Å². The summed E-state index contributed by atoms with van der Waals surface area (Å²) in [6.45, 7) is 3.92. The van der Waals surface area contributed by atoms with Gasteiger partial charge in [0.1, 0.15) is 0 Å². The zero-order valence-corrected chi connectivity index (χ0v) is 9.95. The number of rotatable bonds is 4. The molecule has 0 fully saturated rings. The lowest BCUT2D eigenvalue weighted by molar-refractivity contribution is -0.119. The topological polar surface area (TPSA) is 90.9 Å². The molecule has 0 unspecified atom stereocenters. The molecule has 0 aromatic heterocycles. The van der Waals surface area contributed by atoms with Crippen LogP contribution in [0.15, 0.2) is 18.2 Å². The van der Waals surface area contributed by atoms with Gasteiger partial charge in [-0.15, -0.1) is 0 Å². The first-order valence-corrected chi connectivity index (χ1v) is 5.35.